The zero-order chi connectivity index (χ0) is 23.4. The van der Waals surface area contributed by atoms with Crippen LogP contribution >= 0.6 is 23.1 Å². The first-order valence-corrected chi connectivity index (χ1v) is 14.4. The molecule has 1 aromatic heterocycles. The second-order valence-electron chi connectivity index (χ2n) is 7.85. The van der Waals surface area contributed by atoms with Crippen molar-refractivity contribution in [2.75, 3.05) is 43.6 Å². The lowest BCUT2D eigenvalue weighted by Crippen LogP contribution is -2.46. The minimum atomic E-state index is -3.28. The SMILES string of the molecule is CCS(=O)(=O)N1CCC[C@@H](C(=O)N2CCS/C2=C/c2csc(Nc3ccc(OC)cc3)n2)C1. The van der Waals surface area contributed by atoms with Crippen molar-refractivity contribution in [3.05, 3.63) is 40.4 Å². The number of sulfonamides is 1. The number of amides is 1. The molecule has 0 saturated carbocycles. The maximum Gasteiger partial charge on any atom is 0.231 e. The van der Waals surface area contributed by atoms with Crippen molar-refractivity contribution in [2.24, 2.45) is 5.92 Å². The number of methoxy groups -OCH3 is 1. The van der Waals surface area contributed by atoms with Crippen molar-refractivity contribution in [2.45, 2.75) is 19.8 Å². The van der Waals surface area contributed by atoms with Gasteiger partial charge in [0.05, 0.1) is 29.5 Å². The van der Waals surface area contributed by atoms with E-state index in [0.717, 1.165) is 39.5 Å². The fraction of sp³-hybridized carbons (Fsp3) is 0.455. The monoisotopic (exact) mass is 508 g/mol. The van der Waals surface area contributed by atoms with Crippen molar-refractivity contribution >= 4 is 55.9 Å². The number of carbonyl (C=O) groups excluding carboxylic acids is 1. The van der Waals surface area contributed by atoms with Gasteiger partial charge in [-0.2, -0.15) is 0 Å². The second kappa shape index (κ2) is 10.5. The molecule has 1 N–H and O–H groups in total. The van der Waals surface area contributed by atoms with E-state index in [0.29, 0.717) is 19.5 Å². The van der Waals surface area contributed by atoms with Crippen molar-refractivity contribution in [1.82, 2.24) is 14.2 Å². The van der Waals surface area contributed by atoms with Gasteiger partial charge in [-0.05, 0) is 50.1 Å². The fourth-order valence-corrected chi connectivity index (χ4v) is 6.79. The molecule has 3 heterocycles. The van der Waals surface area contributed by atoms with Gasteiger partial charge in [-0.1, -0.05) is 0 Å². The summed E-state index contributed by atoms with van der Waals surface area (Å²) in [6.45, 7) is 3.05. The Labute approximate surface area is 203 Å². The average molecular weight is 509 g/mol. The van der Waals surface area contributed by atoms with Crippen LogP contribution in [0.2, 0.25) is 0 Å². The average Bonchev–Trinajstić information content (AvgIpc) is 3.49. The van der Waals surface area contributed by atoms with Crippen LogP contribution in [0.15, 0.2) is 34.7 Å². The molecule has 4 rings (SSSR count). The molecular formula is C22H28N4O4S3. The summed E-state index contributed by atoms with van der Waals surface area (Å²) in [5.41, 5.74) is 1.71. The van der Waals surface area contributed by atoms with Gasteiger partial charge in [0.15, 0.2) is 5.13 Å². The molecule has 2 aliphatic heterocycles. The van der Waals surface area contributed by atoms with Crippen LogP contribution in [-0.2, 0) is 14.8 Å². The van der Waals surface area contributed by atoms with Gasteiger partial charge in [0, 0.05) is 36.5 Å². The van der Waals surface area contributed by atoms with Gasteiger partial charge >= 0.3 is 0 Å². The van der Waals surface area contributed by atoms with Crippen molar-refractivity contribution in [3.63, 3.8) is 0 Å². The number of piperidine rings is 1. The molecule has 1 atom stereocenters. The minimum absolute atomic E-state index is 0.00839. The molecule has 33 heavy (non-hydrogen) atoms. The molecule has 0 spiro atoms. The Balaban J connectivity index is 1.43. The van der Waals surface area contributed by atoms with Gasteiger partial charge in [0.1, 0.15) is 5.75 Å². The minimum Gasteiger partial charge on any atom is -0.497 e. The Bertz CT molecular complexity index is 1110. The summed E-state index contributed by atoms with van der Waals surface area (Å²) in [6, 6.07) is 7.63. The third-order valence-corrected chi connectivity index (χ3v) is 9.37. The Morgan fingerprint density at radius 1 is 1.30 bits per heavy atom. The maximum absolute atomic E-state index is 13.3. The van der Waals surface area contributed by atoms with Crippen LogP contribution in [0.1, 0.15) is 25.5 Å². The molecular weight excluding hydrogens is 480 g/mol. The van der Waals surface area contributed by atoms with Gasteiger partial charge in [-0.25, -0.2) is 17.7 Å². The largest absolute Gasteiger partial charge is 0.497 e. The number of ether oxygens (including phenoxy) is 1. The molecule has 11 heteroatoms. The van der Waals surface area contributed by atoms with E-state index in [1.165, 1.54) is 15.6 Å². The van der Waals surface area contributed by atoms with E-state index in [4.69, 9.17) is 4.74 Å². The lowest BCUT2D eigenvalue weighted by Gasteiger charge is -2.33. The van der Waals surface area contributed by atoms with Gasteiger partial charge in [0.2, 0.25) is 15.9 Å². The van der Waals surface area contributed by atoms with E-state index in [-0.39, 0.29) is 24.1 Å². The summed E-state index contributed by atoms with van der Waals surface area (Å²) in [5, 5.41) is 6.87. The van der Waals surface area contributed by atoms with Crippen LogP contribution in [0, 0.1) is 5.92 Å². The van der Waals surface area contributed by atoms with Crippen LogP contribution in [-0.4, -0.2) is 66.8 Å². The molecule has 0 radical (unpaired) electrons. The molecule has 2 saturated heterocycles. The van der Waals surface area contributed by atoms with Crippen LogP contribution in [0.25, 0.3) is 6.08 Å². The predicted molar refractivity (Wildman–Crippen MR) is 134 cm³/mol. The summed E-state index contributed by atoms with van der Waals surface area (Å²) in [6.07, 6.45) is 3.37. The lowest BCUT2D eigenvalue weighted by molar-refractivity contribution is -0.133. The van der Waals surface area contributed by atoms with Crippen molar-refractivity contribution in [1.29, 1.82) is 0 Å². The van der Waals surface area contributed by atoms with Crippen molar-refractivity contribution < 1.29 is 17.9 Å². The molecule has 178 valence electrons. The molecule has 8 nitrogen and oxygen atoms in total. The fourth-order valence-electron chi connectivity index (χ4n) is 3.90. The number of nitrogens with one attached hydrogen (secondary N) is 1. The Hall–Kier alpha value is -2.08. The van der Waals surface area contributed by atoms with Crippen LogP contribution in [0.4, 0.5) is 10.8 Å². The Kier molecular flexibility index (Phi) is 7.62. The third kappa shape index (κ3) is 5.71. The number of aromatic nitrogens is 1. The summed E-state index contributed by atoms with van der Waals surface area (Å²) >= 11 is 3.13. The summed E-state index contributed by atoms with van der Waals surface area (Å²) in [7, 11) is -1.65. The summed E-state index contributed by atoms with van der Waals surface area (Å²) < 4.78 is 31.2. The number of thioether (sulfide) groups is 1. The number of anilines is 2. The number of nitrogens with zero attached hydrogens (tertiary/aromatic N) is 3. The van der Waals surface area contributed by atoms with Crippen molar-refractivity contribution in [3.8, 4) is 5.75 Å². The smallest absolute Gasteiger partial charge is 0.231 e. The Morgan fingerprint density at radius 3 is 2.82 bits per heavy atom. The topological polar surface area (TPSA) is 91.8 Å². The van der Waals surface area contributed by atoms with E-state index >= 15 is 0 Å². The van der Waals surface area contributed by atoms with Gasteiger partial charge in [-0.3, -0.25) is 4.79 Å². The third-order valence-electron chi connectivity index (χ3n) is 5.72. The standard InChI is InChI=1S/C22H28N4O4S3/c1-3-33(28,29)25-10-4-5-16(14-25)21(27)26-11-12-31-20(26)13-18-15-32-22(24-18)23-17-6-8-19(30-2)9-7-17/h6-9,13,15-16H,3-5,10-12,14H2,1-2H3,(H,23,24)/b20-13+/t16-/m1/s1. The summed E-state index contributed by atoms with van der Waals surface area (Å²) in [5.74, 6) is 1.39. The molecule has 2 aromatic rings. The Morgan fingerprint density at radius 2 is 2.09 bits per heavy atom. The van der Waals surface area contributed by atoms with Gasteiger partial charge < -0.3 is 15.0 Å². The normalized spacial score (nSPS) is 20.8. The second-order valence-corrected chi connectivity index (χ2v) is 12.1. The molecule has 2 aliphatic rings. The summed E-state index contributed by atoms with van der Waals surface area (Å²) in [4.78, 5) is 19.7. The number of hydrogen-bond donors (Lipinski definition) is 1. The lowest BCUT2D eigenvalue weighted by atomic mass is 9.98. The van der Waals surface area contributed by atoms with E-state index < -0.39 is 10.0 Å². The molecule has 2 fully saturated rings. The first kappa shape index (κ1) is 24.1. The van der Waals surface area contributed by atoms with Gasteiger partial charge in [0.25, 0.3) is 0 Å². The molecule has 0 unspecified atom stereocenters. The maximum atomic E-state index is 13.3. The zero-order valence-electron chi connectivity index (χ0n) is 18.7. The first-order chi connectivity index (χ1) is 15.9. The van der Waals surface area contributed by atoms with E-state index in [1.54, 1.807) is 30.7 Å². The first-order valence-electron chi connectivity index (χ1n) is 10.9. The molecule has 1 aromatic carbocycles. The highest BCUT2D eigenvalue weighted by molar-refractivity contribution is 8.03. The predicted octanol–water partition coefficient (Wildman–Crippen LogP) is 3.83. The van der Waals surface area contributed by atoms with E-state index in [2.05, 4.69) is 10.3 Å². The number of benzene rings is 1. The van der Waals surface area contributed by atoms with Crippen LogP contribution in [0.5, 0.6) is 5.75 Å². The van der Waals surface area contributed by atoms with Gasteiger partial charge in [-0.15, -0.1) is 23.1 Å². The number of hydrogen-bond acceptors (Lipinski definition) is 8. The van der Waals surface area contributed by atoms with Crippen LogP contribution < -0.4 is 10.1 Å². The molecule has 0 bridgehead atoms. The number of rotatable bonds is 7. The van der Waals surface area contributed by atoms with E-state index in [9.17, 15) is 13.2 Å². The highest BCUT2D eigenvalue weighted by Gasteiger charge is 2.36. The van der Waals surface area contributed by atoms with Crippen LogP contribution in [0.3, 0.4) is 0 Å². The quantitative estimate of drug-likeness (QED) is 0.608. The zero-order valence-corrected chi connectivity index (χ0v) is 21.1. The molecule has 1 amide bonds. The number of carbonyl (C=O) groups is 1. The molecule has 0 aliphatic carbocycles. The highest BCUT2D eigenvalue weighted by Crippen LogP contribution is 2.34. The number of thiazole rings is 1. The van der Waals surface area contributed by atoms with E-state index in [1.807, 2.05) is 35.7 Å². The highest BCUT2D eigenvalue weighted by atomic mass is 32.2.